The minimum absolute atomic E-state index is 0.0679. The van der Waals surface area contributed by atoms with E-state index in [4.69, 9.17) is 10.5 Å². The molecule has 70 valence electrons. The predicted octanol–water partition coefficient (Wildman–Crippen LogP) is -0.373. The van der Waals surface area contributed by atoms with Gasteiger partial charge in [-0.05, 0) is 20.3 Å². The molecule has 12 heavy (non-hydrogen) atoms. The van der Waals surface area contributed by atoms with Crippen LogP contribution in [0.15, 0.2) is 0 Å². The maximum absolute atomic E-state index is 11.1. The van der Waals surface area contributed by atoms with Gasteiger partial charge in [-0.25, -0.2) is 0 Å². The summed E-state index contributed by atoms with van der Waals surface area (Å²) in [5, 5.41) is 2.77. The molecule has 0 heterocycles. The Hall–Kier alpha value is -0.610. The van der Waals surface area contributed by atoms with Gasteiger partial charge >= 0.3 is 0 Å². The number of hydrogen-bond donors (Lipinski definition) is 2. The minimum atomic E-state index is -0.0679. The fraction of sp³-hybridized carbons (Fsp3) is 0.875. The number of nitrogens with two attached hydrogens (primary N) is 1. The van der Waals surface area contributed by atoms with Crippen molar-refractivity contribution in [2.45, 2.75) is 38.5 Å². The fourth-order valence-electron chi connectivity index (χ4n) is 0.871. The van der Waals surface area contributed by atoms with E-state index >= 15 is 0 Å². The van der Waals surface area contributed by atoms with Crippen LogP contribution in [0.5, 0.6) is 0 Å². The molecule has 4 heteroatoms. The Labute approximate surface area is 72.5 Å². The van der Waals surface area contributed by atoms with E-state index in [1.807, 2.05) is 13.8 Å². The third-order valence-electron chi connectivity index (χ3n) is 1.73. The van der Waals surface area contributed by atoms with Crippen LogP contribution in [0.3, 0.4) is 0 Å². The maximum atomic E-state index is 11.1. The van der Waals surface area contributed by atoms with Crippen LogP contribution >= 0.6 is 0 Å². The monoisotopic (exact) mass is 172 g/mol. The number of rotatable bonds is 4. The van der Waals surface area contributed by atoms with Crippen molar-refractivity contribution in [3.8, 4) is 0 Å². The number of carbonyl (C=O) groups is 1. The molecule has 1 rings (SSSR count). The van der Waals surface area contributed by atoms with E-state index in [0.717, 1.165) is 6.42 Å². The molecule has 0 saturated heterocycles. The summed E-state index contributed by atoms with van der Waals surface area (Å²) in [5.41, 5.74) is 5.52. The number of carbonyl (C=O) groups excluding carboxylic acids is 1. The summed E-state index contributed by atoms with van der Waals surface area (Å²) < 4.78 is 5.11. The van der Waals surface area contributed by atoms with Crippen molar-refractivity contribution in [1.29, 1.82) is 0 Å². The highest BCUT2D eigenvalue weighted by molar-refractivity contribution is 5.78. The zero-order valence-corrected chi connectivity index (χ0v) is 7.54. The average Bonchev–Trinajstić information content (AvgIpc) is 2.62. The van der Waals surface area contributed by atoms with Crippen LogP contribution in [0.4, 0.5) is 0 Å². The van der Waals surface area contributed by atoms with Gasteiger partial charge in [0.25, 0.3) is 0 Å². The summed E-state index contributed by atoms with van der Waals surface area (Å²) >= 11 is 0. The summed E-state index contributed by atoms with van der Waals surface area (Å²) in [6.07, 6.45) is 0.997. The smallest absolute Gasteiger partial charge is 0.246 e. The second-order valence-corrected chi connectivity index (χ2v) is 3.43. The quantitative estimate of drug-likeness (QED) is 0.608. The summed E-state index contributed by atoms with van der Waals surface area (Å²) in [4.78, 5) is 11.1. The van der Waals surface area contributed by atoms with Crippen LogP contribution < -0.4 is 11.1 Å². The third kappa shape index (κ3) is 3.19. The summed E-state index contributed by atoms with van der Waals surface area (Å²) in [5.74, 6) is -0.0679. The van der Waals surface area contributed by atoms with Crippen molar-refractivity contribution in [3.63, 3.8) is 0 Å². The van der Waals surface area contributed by atoms with Crippen molar-refractivity contribution < 1.29 is 9.53 Å². The first-order valence-corrected chi connectivity index (χ1v) is 4.26. The molecular formula is C8H16N2O2. The van der Waals surface area contributed by atoms with Crippen LogP contribution in [0.25, 0.3) is 0 Å². The van der Waals surface area contributed by atoms with Gasteiger partial charge in [0.2, 0.25) is 5.91 Å². The molecule has 1 aliphatic rings. The molecule has 1 saturated carbocycles. The standard InChI is InChI=1S/C8H16N2O2/c1-5(2)12-4-8(11)10-7-3-6(7)9/h5-7H,3-4,9H2,1-2H3,(H,10,11). The molecule has 0 aromatic heterocycles. The summed E-state index contributed by atoms with van der Waals surface area (Å²) in [6, 6.07) is 0.348. The number of ether oxygens (including phenoxy) is 1. The second-order valence-electron chi connectivity index (χ2n) is 3.43. The van der Waals surface area contributed by atoms with Gasteiger partial charge in [-0.3, -0.25) is 4.79 Å². The first kappa shape index (κ1) is 9.48. The Morgan fingerprint density at radius 1 is 1.75 bits per heavy atom. The molecule has 1 fully saturated rings. The van der Waals surface area contributed by atoms with Crippen molar-refractivity contribution >= 4 is 5.91 Å². The predicted molar refractivity (Wildman–Crippen MR) is 45.6 cm³/mol. The molecule has 1 aliphatic carbocycles. The van der Waals surface area contributed by atoms with Gasteiger partial charge in [0, 0.05) is 12.1 Å². The van der Waals surface area contributed by atoms with Gasteiger partial charge in [0.05, 0.1) is 6.10 Å². The molecule has 2 unspecified atom stereocenters. The topological polar surface area (TPSA) is 64.3 Å². The molecule has 0 aromatic carbocycles. The van der Waals surface area contributed by atoms with Crippen LogP contribution in [-0.4, -0.2) is 30.7 Å². The summed E-state index contributed by atoms with van der Waals surface area (Å²) in [7, 11) is 0. The molecule has 0 aromatic rings. The lowest BCUT2D eigenvalue weighted by Crippen LogP contribution is -2.33. The Morgan fingerprint density at radius 2 is 2.33 bits per heavy atom. The zero-order chi connectivity index (χ0) is 9.14. The van der Waals surface area contributed by atoms with E-state index in [9.17, 15) is 4.79 Å². The van der Waals surface area contributed by atoms with Crippen LogP contribution in [0.2, 0.25) is 0 Å². The molecule has 0 radical (unpaired) electrons. The SMILES string of the molecule is CC(C)OCC(=O)NC1CC1N. The third-order valence-corrected chi connectivity index (χ3v) is 1.73. The molecule has 4 nitrogen and oxygen atoms in total. The van der Waals surface area contributed by atoms with Crippen LogP contribution in [-0.2, 0) is 9.53 Å². The Morgan fingerprint density at radius 3 is 2.75 bits per heavy atom. The van der Waals surface area contributed by atoms with Crippen molar-refractivity contribution in [3.05, 3.63) is 0 Å². The van der Waals surface area contributed by atoms with Crippen LogP contribution in [0.1, 0.15) is 20.3 Å². The normalized spacial score (nSPS) is 27.3. The maximum Gasteiger partial charge on any atom is 0.246 e. The average molecular weight is 172 g/mol. The Balaban J connectivity index is 2.04. The van der Waals surface area contributed by atoms with Gasteiger partial charge in [-0.15, -0.1) is 0 Å². The molecular weight excluding hydrogens is 156 g/mol. The zero-order valence-electron chi connectivity index (χ0n) is 7.54. The number of hydrogen-bond acceptors (Lipinski definition) is 3. The summed E-state index contributed by atoms with van der Waals surface area (Å²) in [6.45, 7) is 3.94. The lowest BCUT2D eigenvalue weighted by atomic mass is 10.5. The van der Waals surface area contributed by atoms with Crippen molar-refractivity contribution in [2.24, 2.45) is 5.73 Å². The highest BCUT2D eigenvalue weighted by Gasteiger charge is 2.34. The fourth-order valence-corrected chi connectivity index (χ4v) is 0.871. The molecule has 0 aliphatic heterocycles. The largest absolute Gasteiger partial charge is 0.369 e. The second kappa shape index (κ2) is 3.87. The van der Waals surface area contributed by atoms with Gasteiger partial charge in [-0.1, -0.05) is 0 Å². The van der Waals surface area contributed by atoms with Crippen molar-refractivity contribution in [1.82, 2.24) is 5.32 Å². The van der Waals surface area contributed by atoms with Crippen molar-refractivity contribution in [2.75, 3.05) is 6.61 Å². The number of nitrogens with one attached hydrogen (secondary N) is 1. The highest BCUT2D eigenvalue weighted by atomic mass is 16.5. The molecule has 2 atom stereocenters. The van der Waals surface area contributed by atoms with Gasteiger partial charge in [0.1, 0.15) is 6.61 Å². The Kier molecular flexibility index (Phi) is 3.05. The number of amides is 1. The van der Waals surface area contributed by atoms with E-state index < -0.39 is 0 Å². The molecule has 0 bridgehead atoms. The van der Waals surface area contributed by atoms with E-state index in [0.29, 0.717) is 0 Å². The lowest BCUT2D eigenvalue weighted by Gasteiger charge is -2.07. The lowest BCUT2D eigenvalue weighted by molar-refractivity contribution is -0.127. The first-order valence-electron chi connectivity index (χ1n) is 4.26. The first-order chi connectivity index (χ1) is 5.59. The van der Waals surface area contributed by atoms with E-state index in [1.54, 1.807) is 0 Å². The highest BCUT2D eigenvalue weighted by Crippen LogP contribution is 2.17. The van der Waals surface area contributed by atoms with Crippen LogP contribution in [0, 0.1) is 0 Å². The Bertz CT molecular complexity index is 170. The minimum Gasteiger partial charge on any atom is -0.369 e. The molecule has 3 N–H and O–H groups in total. The van der Waals surface area contributed by atoms with Gasteiger partial charge < -0.3 is 15.8 Å². The van der Waals surface area contributed by atoms with E-state index in [-0.39, 0.29) is 30.7 Å². The molecule has 1 amide bonds. The van der Waals surface area contributed by atoms with E-state index in [1.165, 1.54) is 0 Å². The van der Waals surface area contributed by atoms with E-state index in [2.05, 4.69) is 5.32 Å². The van der Waals surface area contributed by atoms with Gasteiger partial charge in [-0.2, -0.15) is 0 Å². The molecule has 0 spiro atoms. The van der Waals surface area contributed by atoms with Gasteiger partial charge in [0.15, 0.2) is 0 Å².